The molecule has 1 aliphatic heterocycles. The van der Waals surface area contributed by atoms with Crippen molar-refractivity contribution in [2.24, 2.45) is 0 Å². The van der Waals surface area contributed by atoms with Gasteiger partial charge in [0, 0.05) is 25.4 Å². The van der Waals surface area contributed by atoms with Crippen LogP contribution in [0, 0.1) is 0 Å². The van der Waals surface area contributed by atoms with Gasteiger partial charge in [0.25, 0.3) is 0 Å². The summed E-state index contributed by atoms with van der Waals surface area (Å²) < 4.78 is 11.0. The summed E-state index contributed by atoms with van der Waals surface area (Å²) in [6.45, 7) is 2.62. The fraction of sp³-hybridized carbons (Fsp3) is 0.533. The van der Waals surface area contributed by atoms with Crippen LogP contribution in [0.15, 0.2) is 18.2 Å². The smallest absolute Gasteiger partial charge is 0.319 e. The van der Waals surface area contributed by atoms with E-state index in [0.29, 0.717) is 35.5 Å². The van der Waals surface area contributed by atoms with Crippen LogP contribution in [0.25, 0.3) is 0 Å². The van der Waals surface area contributed by atoms with E-state index in [2.05, 4.69) is 10.6 Å². The molecule has 0 saturated carbocycles. The van der Waals surface area contributed by atoms with Gasteiger partial charge in [0.1, 0.15) is 0 Å². The maximum Gasteiger partial charge on any atom is 0.319 e. The quantitative estimate of drug-likeness (QED) is 0.740. The first-order chi connectivity index (χ1) is 10.6. The third-order valence-electron chi connectivity index (χ3n) is 3.26. The van der Waals surface area contributed by atoms with E-state index < -0.39 is 0 Å². The van der Waals surface area contributed by atoms with Crippen molar-refractivity contribution in [3.8, 4) is 0 Å². The molecule has 5 nitrogen and oxygen atoms in total. The highest BCUT2D eigenvalue weighted by atomic mass is 35.5. The Kier molecular flexibility index (Phi) is 7.25. The highest BCUT2D eigenvalue weighted by Crippen LogP contribution is 2.24. The van der Waals surface area contributed by atoms with Gasteiger partial charge >= 0.3 is 6.03 Å². The lowest BCUT2D eigenvalue weighted by Crippen LogP contribution is -2.30. The molecule has 1 atom stereocenters. The van der Waals surface area contributed by atoms with Crippen molar-refractivity contribution in [2.45, 2.75) is 25.4 Å². The van der Waals surface area contributed by atoms with Crippen LogP contribution in [-0.4, -0.2) is 38.5 Å². The van der Waals surface area contributed by atoms with Crippen molar-refractivity contribution < 1.29 is 14.3 Å². The SMILES string of the molecule is O=C(NCCCOC[C@H]1CCCO1)Nc1ccc(Cl)c(Cl)c1. The van der Waals surface area contributed by atoms with Crippen molar-refractivity contribution >= 4 is 34.9 Å². The largest absolute Gasteiger partial charge is 0.379 e. The molecule has 1 aromatic carbocycles. The van der Waals surface area contributed by atoms with Gasteiger partial charge in [0.15, 0.2) is 0 Å². The molecule has 0 unspecified atom stereocenters. The molecule has 1 fully saturated rings. The Morgan fingerprint density at radius 1 is 1.36 bits per heavy atom. The van der Waals surface area contributed by atoms with Crippen molar-refractivity contribution in [3.63, 3.8) is 0 Å². The van der Waals surface area contributed by atoms with Gasteiger partial charge < -0.3 is 20.1 Å². The molecule has 7 heteroatoms. The lowest BCUT2D eigenvalue weighted by atomic mass is 10.2. The van der Waals surface area contributed by atoms with Gasteiger partial charge in [-0.3, -0.25) is 0 Å². The number of nitrogens with one attached hydrogen (secondary N) is 2. The lowest BCUT2D eigenvalue weighted by Gasteiger charge is -2.11. The van der Waals surface area contributed by atoms with Crippen LogP contribution >= 0.6 is 23.2 Å². The number of amides is 2. The number of hydrogen-bond acceptors (Lipinski definition) is 3. The van der Waals surface area contributed by atoms with Crippen LogP contribution in [0.2, 0.25) is 10.0 Å². The summed E-state index contributed by atoms with van der Waals surface area (Å²) in [5.41, 5.74) is 0.599. The molecule has 2 amide bonds. The number of benzene rings is 1. The summed E-state index contributed by atoms with van der Waals surface area (Å²) in [6, 6.07) is 4.66. The number of ether oxygens (including phenoxy) is 2. The van der Waals surface area contributed by atoms with Gasteiger partial charge in [-0.05, 0) is 37.5 Å². The second-order valence-corrected chi connectivity index (χ2v) is 5.89. The van der Waals surface area contributed by atoms with Crippen molar-refractivity contribution in [1.29, 1.82) is 0 Å². The minimum Gasteiger partial charge on any atom is -0.379 e. The highest BCUT2D eigenvalue weighted by molar-refractivity contribution is 6.42. The Labute approximate surface area is 140 Å². The fourth-order valence-corrected chi connectivity index (χ4v) is 2.41. The molecule has 2 rings (SSSR count). The number of rotatable bonds is 7. The molecule has 122 valence electrons. The van der Waals surface area contributed by atoms with Gasteiger partial charge in [-0.1, -0.05) is 23.2 Å². The normalized spacial score (nSPS) is 17.5. The molecule has 1 saturated heterocycles. The summed E-state index contributed by atoms with van der Waals surface area (Å²) in [5, 5.41) is 6.31. The Balaban J connectivity index is 1.54. The van der Waals surface area contributed by atoms with Crippen molar-refractivity contribution in [2.75, 3.05) is 31.7 Å². The molecule has 0 radical (unpaired) electrons. The first kappa shape index (κ1) is 17.3. The fourth-order valence-electron chi connectivity index (χ4n) is 2.12. The molecule has 0 aromatic heterocycles. The van der Waals surface area contributed by atoms with E-state index in [-0.39, 0.29) is 12.1 Å². The molecule has 22 heavy (non-hydrogen) atoms. The molecule has 1 aliphatic rings. The highest BCUT2D eigenvalue weighted by Gasteiger charge is 2.14. The van der Waals surface area contributed by atoms with Gasteiger partial charge in [0.05, 0.1) is 22.8 Å². The average molecular weight is 347 g/mol. The van der Waals surface area contributed by atoms with Gasteiger partial charge in [-0.25, -0.2) is 4.79 Å². The van der Waals surface area contributed by atoms with Gasteiger partial charge in [-0.15, -0.1) is 0 Å². The van der Waals surface area contributed by atoms with Crippen molar-refractivity contribution in [1.82, 2.24) is 5.32 Å². The second-order valence-electron chi connectivity index (χ2n) is 5.07. The molecule has 0 bridgehead atoms. The number of urea groups is 1. The molecular weight excluding hydrogens is 327 g/mol. The summed E-state index contributed by atoms with van der Waals surface area (Å²) in [5.74, 6) is 0. The minimum atomic E-state index is -0.280. The summed E-state index contributed by atoms with van der Waals surface area (Å²) in [6.07, 6.45) is 3.18. The zero-order valence-corrected chi connectivity index (χ0v) is 13.8. The third kappa shape index (κ3) is 6.01. The maximum atomic E-state index is 11.7. The first-order valence-electron chi connectivity index (χ1n) is 7.34. The topological polar surface area (TPSA) is 59.6 Å². The van der Waals surface area contributed by atoms with Crippen LogP contribution in [-0.2, 0) is 9.47 Å². The van der Waals surface area contributed by atoms with E-state index >= 15 is 0 Å². The number of anilines is 1. The molecule has 0 aliphatic carbocycles. The number of carbonyl (C=O) groups is 1. The Hall–Kier alpha value is -1.01. The van der Waals surface area contributed by atoms with Crippen molar-refractivity contribution in [3.05, 3.63) is 28.2 Å². The summed E-state index contributed by atoms with van der Waals surface area (Å²) in [4.78, 5) is 11.7. The van der Waals surface area contributed by atoms with Crippen LogP contribution in [0.5, 0.6) is 0 Å². The van der Waals surface area contributed by atoms with Crippen LogP contribution in [0.3, 0.4) is 0 Å². The molecule has 1 aromatic rings. The Morgan fingerprint density at radius 2 is 2.23 bits per heavy atom. The maximum absolute atomic E-state index is 11.7. The number of hydrogen-bond donors (Lipinski definition) is 2. The molecule has 1 heterocycles. The Bertz CT molecular complexity index is 494. The number of halogens is 2. The third-order valence-corrected chi connectivity index (χ3v) is 4.00. The van der Waals surface area contributed by atoms with Crippen LogP contribution in [0.1, 0.15) is 19.3 Å². The van der Waals surface area contributed by atoms with E-state index in [4.69, 9.17) is 32.7 Å². The van der Waals surface area contributed by atoms with E-state index in [9.17, 15) is 4.79 Å². The summed E-state index contributed by atoms with van der Waals surface area (Å²) in [7, 11) is 0. The van der Waals surface area contributed by atoms with E-state index in [0.717, 1.165) is 25.9 Å². The first-order valence-corrected chi connectivity index (χ1v) is 8.10. The van der Waals surface area contributed by atoms with E-state index in [1.807, 2.05) is 0 Å². The van der Waals surface area contributed by atoms with Gasteiger partial charge in [0.2, 0.25) is 0 Å². The average Bonchev–Trinajstić information content (AvgIpc) is 3.00. The second kappa shape index (κ2) is 9.20. The predicted molar refractivity (Wildman–Crippen MR) is 87.9 cm³/mol. The lowest BCUT2D eigenvalue weighted by molar-refractivity contribution is 0.0168. The Morgan fingerprint density at radius 3 is 2.95 bits per heavy atom. The molecule has 0 spiro atoms. The standard InChI is InChI=1S/C15H20Cl2N2O3/c16-13-5-4-11(9-14(13)17)19-15(20)18-6-2-7-21-10-12-3-1-8-22-12/h4-5,9,12H,1-3,6-8,10H2,(H2,18,19,20)/t12-/m1/s1. The molecule has 2 N–H and O–H groups in total. The monoisotopic (exact) mass is 346 g/mol. The van der Waals surface area contributed by atoms with Gasteiger partial charge in [-0.2, -0.15) is 0 Å². The predicted octanol–water partition coefficient (Wildman–Crippen LogP) is 3.70. The number of carbonyl (C=O) groups excluding carboxylic acids is 1. The minimum absolute atomic E-state index is 0.242. The zero-order valence-electron chi connectivity index (χ0n) is 12.2. The zero-order chi connectivity index (χ0) is 15.8. The van der Waals surface area contributed by atoms with Crippen LogP contribution < -0.4 is 10.6 Å². The van der Waals surface area contributed by atoms with Crippen LogP contribution in [0.4, 0.5) is 10.5 Å². The molecular formula is C15H20Cl2N2O3. The van der Waals surface area contributed by atoms with E-state index in [1.54, 1.807) is 18.2 Å². The van der Waals surface area contributed by atoms with E-state index in [1.165, 1.54) is 0 Å². The summed E-state index contributed by atoms with van der Waals surface area (Å²) >= 11 is 11.7.